The van der Waals surface area contributed by atoms with Crippen LogP contribution in [0.4, 0.5) is 11.5 Å². The fourth-order valence-corrected chi connectivity index (χ4v) is 2.57. The molecule has 0 spiro atoms. The van der Waals surface area contributed by atoms with Gasteiger partial charge in [0.25, 0.3) is 0 Å². The molecule has 1 aliphatic rings. The lowest BCUT2D eigenvalue weighted by Crippen LogP contribution is -2.18. The molecular weight excluding hydrogens is 232 g/mol. The molecule has 1 N–H and O–H groups in total. The quantitative estimate of drug-likeness (QED) is 0.646. The number of hydrogen-bond acceptors (Lipinski definition) is 4. The SMILES string of the molecule is CCCn1nc(C)c([N+](=O)[O-])c1NC1CCCC1. The maximum Gasteiger partial charge on any atom is 0.333 e. The average molecular weight is 252 g/mol. The van der Waals surface area contributed by atoms with Crippen molar-refractivity contribution in [2.45, 2.75) is 58.5 Å². The highest BCUT2D eigenvalue weighted by molar-refractivity contribution is 5.60. The van der Waals surface area contributed by atoms with E-state index in [2.05, 4.69) is 10.4 Å². The van der Waals surface area contributed by atoms with Crippen LogP contribution in [0.5, 0.6) is 0 Å². The van der Waals surface area contributed by atoms with Crippen LogP contribution >= 0.6 is 0 Å². The van der Waals surface area contributed by atoms with Gasteiger partial charge in [-0.3, -0.25) is 10.1 Å². The Kier molecular flexibility index (Phi) is 3.84. The minimum atomic E-state index is -0.328. The maximum atomic E-state index is 11.1. The van der Waals surface area contributed by atoms with Crippen LogP contribution in [-0.4, -0.2) is 20.7 Å². The minimum Gasteiger partial charge on any atom is -0.362 e. The number of nitro groups is 1. The number of nitrogens with one attached hydrogen (secondary N) is 1. The summed E-state index contributed by atoms with van der Waals surface area (Å²) in [7, 11) is 0. The smallest absolute Gasteiger partial charge is 0.333 e. The molecule has 1 aromatic rings. The van der Waals surface area contributed by atoms with Crippen LogP contribution in [0, 0.1) is 17.0 Å². The van der Waals surface area contributed by atoms with Crippen molar-refractivity contribution in [2.24, 2.45) is 0 Å². The van der Waals surface area contributed by atoms with Crippen molar-refractivity contribution in [3.05, 3.63) is 15.8 Å². The Bertz CT molecular complexity index is 436. The molecule has 6 nitrogen and oxygen atoms in total. The van der Waals surface area contributed by atoms with E-state index in [1.54, 1.807) is 11.6 Å². The lowest BCUT2D eigenvalue weighted by Gasteiger charge is -2.14. The standard InChI is InChI=1S/C12H20N4O2/c1-3-8-15-12(13-10-6-4-5-7-10)11(16(17)18)9(2)14-15/h10,13H,3-8H2,1-2H3. The van der Waals surface area contributed by atoms with Gasteiger partial charge in [0.2, 0.25) is 5.82 Å². The molecule has 1 saturated carbocycles. The van der Waals surface area contributed by atoms with E-state index < -0.39 is 0 Å². The zero-order chi connectivity index (χ0) is 13.1. The predicted octanol–water partition coefficient (Wildman–Crippen LogP) is 2.86. The van der Waals surface area contributed by atoms with Gasteiger partial charge in [-0.15, -0.1) is 0 Å². The topological polar surface area (TPSA) is 73.0 Å². The summed E-state index contributed by atoms with van der Waals surface area (Å²) < 4.78 is 1.74. The Labute approximate surface area is 107 Å². The Morgan fingerprint density at radius 1 is 1.50 bits per heavy atom. The van der Waals surface area contributed by atoms with Crippen molar-refractivity contribution in [3.8, 4) is 0 Å². The van der Waals surface area contributed by atoms with Gasteiger partial charge in [0.15, 0.2) is 0 Å². The zero-order valence-electron chi connectivity index (χ0n) is 11.0. The van der Waals surface area contributed by atoms with Gasteiger partial charge in [-0.1, -0.05) is 19.8 Å². The van der Waals surface area contributed by atoms with Crippen molar-refractivity contribution in [1.29, 1.82) is 0 Å². The highest BCUT2D eigenvalue weighted by Crippen LogP contribution is 2.31. The normalized spacial score (nSPS) is 16.1. The molecule has 0 radical (unpaired) electrons. The number of aromatic nitrogens is 2. The second-order valence-corrected chi connectivity index (χ2v) is 4.89. The van der Waals surface area contributed by atoms with E-state index in [1.165, 1.54) is 12.8 Å². The van der Waals surface area contributed by atoms with Gasteiger partial charge in [0.05, 0.1) is 4.92 Å². The first kappa shape index (κ1) is 12.9. The number of aryl methyl sites for hydroxylation is 2. The van der Waals surface area contributed by atoms with Gasteiger partial charge in [-0.05, 0) is 26.2 Å². The molecular formula is C12H20N4O2. The van der Waals surface area contributed by atoms with E-state index in [9.17, 15) is 10.1 Å². The van der Waals surface area contributed by atoms with Crippen molar-refractivity contribution in [2.75, 3.05) is 5.32 Å². The Balaban J connectivity index is 2.30. The fourth-order valence-electron chi connectivity index (χ4n) is 2.57. The van der Waals surface area contributed by atoms with Crippen LogP contribution in [0.2, 0.25) is 0 Å². The van der Waals surface area contributed by atoms with Crippen molar-refractivity contribution in [1.82, 2.24) is 9.78 Å². The molecule has 2 rings (SSSR count). The highest BCUT2D eigenvalue weighted by atomic mass is 16.6. The summed E-state index contributed by atoms with van der Waals surface area (Å²) in [5.41, 5.74) is 0.629. The van der Waals surface area contributed by atoms with Gasteiger partial charge in [-0.2, -0.15) is 5.10 Å². The molecule has 0 atom stereocenters. The maximum absolute atomic E-state index is 11.1. The fraction of sp³-hybridized carbons (Fsp3) is 0.750. The van der Waals surface area contributed by atoms with E-state index in [-0.39, 0.29) is 10.6 Å². The summed E-state index contributed by atoms with van der Waals surface area (Å²) in [4.78, 5) is 10.8. The van der Waals surface area contributed by atoms with Crippen LogP contribution in [-0.2, 0) is 6.54 Å². The third-order valence-corrected chi connectivity index (χ3v) is 3.41. The molecule has 0 aliphatic heterocycles. The average Bonchev–Trinajstić information content (AvgIpc) is 2.89. The second kappa shape index (κ2) is 5.37. The van der Waals surface area contributed by atoms with E-state index in [0.29, 0.717) is 24.1 Å². The highest BCUT2D eigenvalue weighted by Gasteiger charge is 2.27. The molecule has 1 heterocycles. The number of nitrogens with zero attached hydrogens (tertiary/aromatic N) is 3. The first-order chi connectivity index (χ1) is 8.63. The summed E-state index contributed by atoms with van der Waals surface area (Å²) in [6, 6.07) is 0.357. The summed E-state index contributed by atoms with van der Waals surface area (Å²) in [6.07, 6.45) is 5.50. The van der Waals surface area contributed by atoms with Crippen LogP contribution in [0.15, 0.2) is 0 Å². The first-order valence-corrected chi connectivity index (χ1v) is 6.61. The van der Waals surface area contributed by atoms with Gasteiger partial charge in [0, 0.05) is 12.6 Å². The second-order valence-electron chi connectivity index (χ2n) is 4.89. The number of hydrogen-bond donors (Lipinski definition) is 1. The molecule has 0 unspecified atom stereocenters. The summed E-state index contributed by atoms with van der Waals surface area (Å²) >= 11 is 0. The third kappa shape index (κ3) is 2.47. The van der Waals surface area contributed by atoms with E-state index in [1.807, 2.05) is 6.92 Å². The first-order valence-electron chi connectivity index (χ1n) is 6.61. The molecule has 6 heteroatoms. The molecule has 100 valence electrons. The van der Waals surface area contributed by atoms with Crippen LogP contribution in [0.25, 0.3) is 0 Å². The zero-order valence-corrected chi connectivity index (χ0v) is 11.0. The Morgan fingerprint density at radius 3 is 2.72 bits per heavy atom. The number of rotatable bonds is 5. The molecule has 1 fully saturated rings. The molecule has 18 heavy (non-hydrogen) atoms. The number of anilines is 1. The van der Waals surface area contributed by atoms with Gasteiger partial charge in [0.1, 0.15) is 5.69 Å². The van der Waals surface area contributed by atoms with Crippen LogP contribution in [0.1, 0.15) is 44.7 Å². The third-order valence-electron chi connectivity index (χ3n) is 3.41. The molecule has 0 saturated heterocycles. The summed E-state index contributed by atoms with van der Waals surface area (Å²) in [6.45, 7) is 4.45. The van der Waals surface area contributed by atoms with E-state index >= 15 is 0 Å². The van der Waals surface area contributed by atoms with Crippen molar-refractivity contribution < 1.29 is 4.92 Å². The van der Waals surface area contributed by atoms with Crippen LogP contribution < -0.4 is 5.32 Å². The summed E-state index contributed by atoms with van der Waals surface area (Å²) in [5, 5.41) is 18.7. The predicted molar refractivity (Wildman–Crippen MR) is 69.8 cm³/mol. The van der Waals surface area contributed by atoms with Gasteiger partial charge in [-0.25, -0.2) is 4.68 Å². The molecule has 1 aliphatic carbocycles. The minimum absolute atomic E-state index is 0.135. The molecule has 0 aromatic carbocycles. The van der Waals surface area contributed by atoms with Crippen LogP contribution in [0.3, 0.4) is 0 Å². The van der Waals surface area contributed by atoms with Crippen molar-refractivity contribution in [3.63, 3.8) is 0 Å². The molecule has 0 bridgehead atoms. The van der Waals surface area contributed by atoms with Gasteiger partial charge < -0.3 is 5.32 Å². The van der Waals surface area contributed by atoms with Crippen molar-refractivity contribution >= 4 is 11.5 Å². The van der Waals surface area contributed by atoms with E-state index in [0.717, 1.165) is 19.3 Å². The van der Waals surface area contributed by atoms with Gasteiger partial charge >= 0.3 is 5.69 Å². The lowest BCUT2D eigenvalue weighted by atomic mass is 10.2. The molecule has 1 aromatic heterocycles. The Hall–Kier alpha value is -1.59. The summed E-state index contributed by atoms with van der Waals surface area (Å²) in [5.74, 6) is 0.589. The van der Waals surface area contributed by atoms with E-state index in [4.69, 9.17) is 0 Å². The molecule has 0 amide bonds. The Morgan fingerprint density at radius 2 is 2.17 bits per heavy atom. The monoisotopic (exact) mass is 252 g/mol. The lowest BCUT2D eigenvalue weighted by molar-refractivity contribution is -0.384. The largest absolute Gasteiger partial charge is 0.362 e.